The summed E-state index contributed by atoms with van der Waals surface area (Å²) in [6.07, 6.45) is 0. The highest BCUT2D eigenvalue weighted by molar-refractivity contribution is 6.31. The zero-order valence-corrected chi connectivity index (χ0v) is 11.5. The lowest BCUT2D eigenvalue weighted by atomic mass is 10.0. The third-order valence-electron chi connectivity index (χ3n) is 3.83. The van der Waals surface area contributed by atoms with Gasteiger partial charge in [0.05, 0.1) is 0 Å². The minimum atomic E-state index is -0.00650. The van der Waals surface area contributed by atoms with Gasteiger partial charge in [0.2, 0.25) is 0 Å². The molecule has 1 aromatic rings. The summed E-state index contributed by atoms with van der Waals surface area (Å²) in [5.74, 6) is 1.50. The second kappa shape index (κ2) is 4.87. The average molecular weight is 253 g/mol. The van der Waals surface area contributed by atoms with Crippen molar-refractivity contribution in [2.24, 2.45) is 17.6 Å². The summed E-state index contributed by atoms with van der Waals surface area (Å²) in [7, 11) is 0. The highest BCUT2D eigenvalue weighted by Gasteiger charge is 2.26. The smallest absolute Gasteiger partial charge is 0.0474 e. The molecule has 2 N–H and O–H groups in total. The molecule has 1 aromatic carbocycles. The molecule has 2 rings (SSSR count). The van der Waals surface area contributed by atoms with Crippen LogP contribution in [0.3, 0.4) is 0 Å². The number of halogens is 1. The molecular weight excluding hydrogens is 232 g/mol. The van der Waals surface area contributed by atoms with Gasteiger partial charge in [-0.05, 0) is 36.5 Å². The minimum absolute atomic E-state index is 0.00650. The molecule has 0 radical (unpaired) electrons. The van der Waals surface area contributed by atoms with E-state index in [1.165, 1.54) is 5.69 Å². The fraction of sp³-hybridized carbons (Fsp3) is 0.571. The predicted molar refractivity (Wildman–Crippen MR) is 74.6 cm³/mol. The van der Waals surface area contributed by atoms with Gasteiger partial charge in [-0.15, -0.1) is 0 Å². The number of anilines is 1. The summed E-state index contributed by atoms with van der Waals surface area (Å²) >= 11 is 6.27. The van der Waals surface area contributed by atoms with E-state index in [1.807, 2.05) is 13.0 Å². The van der Waals surface area contributed by atoms with E-state index in [2.05, 4.69) is 30.9 Å². The van der Waals surface area contributed by atoms with Crippen LogP contribution < -0.4 is 10.6 Å². The number of rotatable bonds is 2. The van der Waals surface area contributed by atoms with Crippen molar-refractivity contribution in [2.75, 3.05) is 18.0 Å². The van der Waals surface area contributed by atoms with Gasteiger partial charge < -0.3 is 10.6 Å². The lowest BCUT2D eigenvalue weighted by Gasteiger charge is -2.20. The van der Waals surface area contributed by atoms with E-state index < -0.39 is 0 Å². The molecule has 2 nitrogen and oxygen atoms in total. The zero-order valence-electron chi connectivity index (χ0n) is 10.8. The molecule has 1 heterocycles. The maximum Gasteiger partial charge on any atom is 0.0474 e. The maximum atomic E-state index is 6.27. The first-order chi connectivity index (χ1) is 7.99. The summed E-state index contributed by atoms with van der Waals surface area (Å²) in [5.41, 5.74) is 8.11. The Labute approximate surface area is 109 Å². The molecule has 1 fully saturated rings. The molecule has 3 heteroatoms. The van der Waals surface area contributed by atoms with Crippen LogP contribution in [-0.4, -0.2) is 13.1 Å². The molecule has 0 amide bonds. The van der Waals surface area contributed by atoms with Crippen molar-refractivity contribution in [3.63, 3.8) is 0 Å². The number of hydrogen-bond donors (Lipinski definition) is 1. The van der Waals surface area contributed by atoms with E-state index >= 15 is 0 Å². The first-order valence-corrected chi connectivity index (χ1v) is 6.66. The molecule has 3 unspecified atom stereocenters. The predicted octanol–water partition coefficient (Wildman–Crippen LogP) is 3.45. The van der Waals surface area contributed by atoms with Gasteiger partial charge >= 0.3 is 0 Å². The molecule has 94 valence electrons. The molecule has 17 heavy (non-hydrogen) atoms. The van der Waals surface area contributed by atoms with Crippen LogP contribution in [0.1, 0.15) is 32.4 Å². The molecule has 0 spiro atoms. The Balaban J connectivity index is 2.21. The largest absolute Gasteiger partial charge is 0.371 e. The molecule has 0 saturated carbocycles. The first kappa shape index (κ1) is 12.7. The highest BCUT2D eigenvalue weighted by Crippen LogP contribution is 2.31. The van der Waals surface area contributed by atoms with Gasteiger partial charge in [-0.25, -0.2) is 0 Å². The van der Waals surface area contributed by atoms with Crippen LogP contribution in [0.5, 0.6) is 0 Å². The normalized spacial score (nSPS) is 26.3. The van der Waals surface area contributed by atoms with Gasteiger partial charge in [0, 0.05) is 29.8 Å². The van der Waals surface area contributed by atoms with Crippen molar-refractivity contribution in [3.05, 3.63) is 28.8 Å². The number of nitrogens with zero attached hydrogens (tertiary/aromatic N) is 1. The Bertz CT molecular complexity index is 393. The summed E-state index contributed by atoms with van der Waals surface area (Å²) in [4.78, 5) is 2.41. The monoisotopic (exact) mass is 252 g/mol. The molecule has 0 bridgehead atoms. The van der Waals surface area contributed by atoms with Gasteiger partial charge in [0.1, 0.15) is 0 Å². The fourth-order valence-electron chi connectivity index (χ4n) is 2.42. The van der Waals surface area contributed by atoms with E-state index in [9.17, 15) is 0 Å². The topological polar surface area (TPSA) is 29.3 Å². The molecule has 1 saturated heterocycles. The van der Waals surface area contributed by atoms with Crippen LogP contribution >= 0.6 is 11.6 Å². The second-order valence-corrected chi connectivity index (χ2v) is 5.76. The summed E-state index contributed by atoms with van der Waals surface area (Å²) in [6, 6.07) is 6.23. The van der Waals surface area contributed by atoms with E-state index in [0.717, 1.165) is 35.5 Å². The van der Waals surface area contributed by atoms with E-state index in [1.54, 1.807) is 0 Å². The summed E-state index contributed by atoms with van der Waals surface area (Å²) < 4.78 is 0. The molecule has 1 aliphatic rings. The summed E-state index contributed by atoms with van der Waals surface area (Å²) in [6.45, 7) is 8.82. The molecule has 1 aliphatic heterocycles. The van der Waals surface area contributed by atoms with Gasteiger partial charge in [-0.2, -0.15) is 0 Å². The van der Waals surface area contributed by atoms with Crippen LogP contribution in [0.2, 0.25) is 5.02 Å². The minimum Gasteiger partial charge on any atom is -0.371 e. The van der Waals surface area contributed by atoms with Crippen LogP contribution in [0.25, 0.3) is 0 Å². The molecule has 3 atom stereocenters. The van der Waals surface area contributed by atoms with Crippen molar-refractivity contribution in [3.8, 4) is 0 Å². The SMILES string of the molecule is CC(N)c1ccc(N2CC(C)C(C)C2)cc1Cl. The van der Waals surface area contributed by atoms with E-state index in [4.69, 9.17) is 17.3 Å². The van der Waals surface area contributed by atoms with Gasteiger partial charge in [-0.3, -0.25) is 0 Å². The van der Waals surface area contributed by atoms with Crippen LogP contribution in [0.4, 0.5) is 5.69 Å². The molecule has 0 aliphatic carbocycles. The molecular formula is C14H21ClN2. The number of hydrogen-bond acceptors (Lipinski definition) is 2. The lowest BCUT2D eigenvalue weighted by molar-refractivity contribution is 0.494. The quantitative estimate of drug-likeness (QED) is 0.874. The van der Waals surface area contributed by atoms with Crippen LogP contribution in [0.15, 0.2) is 18.2 Å². The third kappa shape index (κ3) is 2.58. The van der Waals surface area contributed by atoms with Crippen LogP contribution in [0, 0.1) is 11.8 Å². The first-order valence-electron chi connectivity index (χ1n) is 6.29. The Hall–Kier alpha value is -0.730. The number of nitrogens with two attached hydrogens (primary N) is 1. The van der Waals surface area contributed by atoms with Gasteiger partial charge in [0.15, 0.2) is 0 Å². The maximum absolute atomic E-state index is 6.27. The van der Waals surface area contributed by atoms with Gasteiger partial charge in [0.25, 0.3) is 0 Å². The average Bonchev–Trinajstić information content (AvgIpc) is 2.58. The fourth-order valence-corrected chi connectivity index (χ4v) is 2.77. The van der Waals surface area contributed by atoms with E-state index in [-0.39, 0.29) is 6.04 Å². The van der Waals surface area contributed by atoms with Gasteiger partial charge in [-0.1, -0.05) is 31.5 Å². The Morgan fingerprint density at radius 3 is 2.35 bits per heavy atom. The summed E-state index contributed by atoms with van der Waals surface area (Å²) in [5, 5.41) is 0.782. The van der Waals surface area contributed by atoms with E-state index in [0.29, 0.717) is 0 Å². The number of benzene rings is 1. The highest BCUT2D eigenvalue weighted by atomic mass is 35.5. The standard InChI is InChI=1S/C14H21ClN2/c1-9-7-17(8-10(9)2)12-4-5-13(11(3)16)14(15)6-12/h4-6,9-11H,7-8,16H2,1-3H3. The Kier molecular flexibility index (Phi) is 3.64. The zero-order chi connectivity index (χ0) is 12.6. The van der Waals surface area contributed by atoms with Crippen LogP contribution in [-0.2, 0) is 0 Å². The second-order valence-electron chi connectivity index (χ2n) is 5.35. The third-order valence-corrected chi connectivity index (χ3v) is 4.16. The Morgan fingerprint density at radius 1 is 1.29 bits per heavy atom. The van der Waals surface area contributed by atoms with Crippen molar-refractivity contribution in [1.29, 1.82) is 0 Å². The Morgan fingerprint density at radius 2 is 1.88 bits per heavy atom. The molecule has 0 aromatic heterocycles. The lowest BCUT2D eigenvalue weighted by Crippen LogP contribution is -2.19. The van der Waals surface area contributed by atoms with Crippen molar-refractivity contribution in [1.82, 2.24) is 0 Å². The van der Waals surface area contributed by atoms with Crippen molar-refractivity contribution in [2.45, 2.75) is 26.8 Å². The van der Waals surface area contributed by atoms with Crippen molar-refractivity contribution >= 4 is 17.3 Å². The van der Waals surface area contributed by atoms with Crippen molar-refractivity contribution < 1.29 is 0 Å².